The summed E-state index contributed by atoms with van der Waals surface area (Å²) >= 11 is 0. The van der Waals surface area contributed by atoms with Gasteiger partial charge >= 0.3 is 0 Å². The molecule has 1 saturated heterocycles. The van der Waals surface area contributed by atoms with Gasteiger partial charge in [-0.2, -0.15) is 0 Å². The van der Waals surface area contributed by atoms with Crippen LogP contribution in [0.3, 0.4) is 0 Å². The highest BCUT2D eigenvalue weighted by Gasteiger charge is 2.34. The van der Waals surface area contributed by atoms with E-state index < -0.39 is 4.92 Å². The summed E-state index contributed by atoms with van der Waals surface area (Å²) in [5, 5.41) is 9.98. The van der Waals surface area contributed by atoms with E-state index in [4.69, 9.17) is 4.74 Å². The summed E-state index contributed by atoms with van der Waals surface area (Å²) in [5.41, 5.74) is -0.0485. The van der Waals surface area contributed by atoms with Crippen molar-refractivity contribution >= 4 is 0 Å². The monoisotopic (exact) mass is 157 g/mol. The van der Waals surface area contributed by atoms with Gasteiger partial charge in [0.1, 0.15) is 0 Å². The fourth-order valence-electron chi connectivity index (χ4n) is 1.00. The molecule has 0 aromatic carbocycles. The lowest BCUT2D eigenvalue weighted by Crippen LogP contribution is -2.40. The van der Waals surface area contributed by atoms with Crippen LogP contribution >= 0.6 is 0 Å². The van der Waals surface area contributed by atoms with Crippen molar-refractivity contribution in [2.24, 2.45) is 5.41 Å². The Morgan fingerprint density at radius 1 is 1.73 bits per heavy atom. The lowest BCUT2D eigenvalue weighted by molar-refractivity contribution is -0.403. The molecule has 1 fully saturated rings. The maximum Gasteiger partial charge on any atom is 0.231 e. The Kier molecular flexibility index (Phi) is 2.24. The molecule has 0 aliphatic carbocycles. The number of hydrogen-bond acceptors (Lipinski definition) is 3. The van der Waals surface area contributed by atoms with Gasteiger partial charge in [0.05, 0.1) is 18.1 Å². The van der Waals surface area contributed by atoms with Crippen LogP contribution in [0, 0.1) is 15.5 Å². The van der Waals surface area contributed by atoms with Gasteiger partial charge in [0.15, 0.2) is 0 Å². The average Bonchev–Trinajstić information content (AvgIpc) is 1.86. The molecule has 0 aromatic rings. The third-order valence-electron chi connectivity index (χ3n) is 2.03. The molecular weight excluding hydrogens is 146 g/mol. The molecule has 1 aliphatic rings. The van der Waals surface area contributed by atoms with E-state index >= 15 is 0 Å². The van der Waals surface area contributed by atoms with Gasteiger partial charge in [-0.15, -0.1) is 0 Å². The topological polar surface area (TPSA) is 52.4 Å². The molecule has 0 spiro atoms. The third kappa shape index (κ3) is 1.77. The first kappa shape index (κ1) is 8.20. The fraction of sp³-hybridized carbons (Fsp3) is 0.714. The van der Waals surface area contributed by atoms with E-state index in [9.17, 15) is 10.1 Å². The number of nitrogens with zero attached hydrogens (tertiary/aromatic N) is 1. The van der Waals surface area contributed by atoms with Crippen LogP contribution in [-0.2, 0) is 4.74 Å². The molecule has 62 valence electrons. The highest BCUT2D eigenvalue weighted by molar-refractivity contribution is 5.00. The normalized spacial score (nSPS) is 21.5. The Hall–Kier alpha value is -0.900. The Morgan fingerprint density at radius 3 is 2.64 bits per heavy atom. The van der Waals surface area contributed by atoms with Crippen LogP contribution in [-0.4, -0.2) is 18.1 Å². The molecule has 0 bridgehead atoms. The maximum atomic E-state index is 9.98. The minimum Gasteiger partial charge on any atom is -0.379 e. The van der Waals surface area contributed by atoms with E-state index in [1.165, 1.54) is 0 Å². The summed E-state index contributed by atoms with van der Waals surface area (Å²) < 4.78 is 4.99. The van der Waals surface area contributed by atoms with Crippen LogP contribution < -0.4 is 0 Å². The first-order valence-corrected chi connectivity index (χ1v) is 3.59. The molecular formula is C7H11NO3. The molecule has 0 saturated carbocycles. The third-order valence-corrected chi connectivity index (χ3v) is 2.03. The van der Waals surface area contributed by atoms with Crippen molar-refractivity contribution in [1.29, 1.82) is 0 Å². The zero-order chi connectivity index (χ0) is 8.32. The van der Waals surface area contributed by atoms with Gasteiger partial charge in [-0.1, -0.05) is 6.92 Å². The summed E-state index contributed by atoms with van der Waals surface area (Å²) in [6, 6.07) is 0. The zero-order valence-electron chi connectivity index (χ0n) is 6.45. The van der Waals surface area contributed by atoms with E-state index in [0.717, 1.165) is 12.6 Å². The molecule has 0 radical (unpaired) electrons. The highest BCUT2D eigenvalue weighted by Crippen LogP contribution is 2.32. The van der Waals surface area contributed by atoms with Gasteiger partial charge < -0.3 is 4.74 Å². The Bertz CT molecular complexity index is 179. The van der Waals surface area contributed by atoms with Crippen molar-refractivity contribution in [3.63, 3.8) is 0 Å². The number of hydrogen-bond donors (Lipinski definition) is 0. The molecule has 0 N–H and O–H groups in total. The lowest BCUT2D eigenvalue weighted by Gasteiger charge is -2.37. The minimum absolute atomic E-state index is 0.0485. The molecule has 0 amide bonds. The van der Waals surface area contributed by atoms with Crippen LogP contribution in [0.4, 0.5) is 0 Å². The largest absolute Gasteiger partial charge is 0.379 e. The highest BCUT2D eigenvalue weighted by atomic mass is 16.6. The summed E-state index contributed by atoms with van der Waals surface area (Å²) in [5.74, 6) is 0. The number of rotatable bonds is 3. The summed E-state index contributed by atoms with van der Waals surface area (Å²) in [6.45, 7) is 3.24. The SMILES string of the molecule is CCC1(/C=C/[N+](=O)[O-])COC1. The van der Waals surface area contributed by atoms with E-state index in [1.807, 2.05) is 6.92 Å². The second-order valence-electron chi connectivity index (χ2n) is 2.81. The summed E-state index contributed by atoms with van der Waals surface area (Å²) in [7, 11) is 0. The van der Waals surface area contributed by atoms with Gasteiger partial charge in [-0.3, -0.25) is 10.1 Å². The van der Waals surface area contributed by atoms with Gasteiger partial charge in [0.25, 0.3) is 0 Å². The van der Waals surface area contributed by atoms with Crippen LogP contribution in [0.5, 0.6) is 0 Å². The van der Waals surface area contributed by atoms with Crippen LogP contribution in [0.15, 0.2) is 12.3 Å². The van der Waals surface area contributed by atoms with Crippen molar-refractivity contribution in [3.8, 4) is 0 Å². The molecule has 0 atom stereocenters. The zero-order valence-corrected chi connectivity index (χ0v) is 6.45. The van der Waals surface area contributed by atoms with E-state index in [-0.39, 0.29) is 5.41 Å². The maximum absolute atomic E-state index is 9.98. The van der Waals surface area contributed by atoms with Gasteiger partial charge in [-0.25, -0.2) is 0 Å². The van der Waals surface area contributed by atoms with Crippen molar-refractivity contribution in [1.82, 2.24) is 0 Å². The lowest BCUT2D eigenvalue weighted by atomic mass is 9.83. The molecule has 1 aliphatic heterocycles. The molecule has 0 unspecified atom stereocenters. The quantitative estimate of drug-likeness (QED) is 0.457. The molecule has 4 heteroatoms. The van der Waals surface area contributed by atoms with Gasteiger partial charge in [0, 0.05) is 5.41 Å². The average molecular weight is 157 g/mol. The first-order valence-electron chi connectivity index (χ1n) is 3.59. The number of ether oxygens (including phenoxy) is 1. The molecule has 1 heterocycles. The first-order chi connectivity index (χ1) is 5.18. The predicted octanol–water partition coefficient (Wildman–Crippen LogP) is 1.20. The van der Waals surface area contributed by atoms with Gasteiger partial charge in [-0.05, 0) is 12.5 Å². The van der Waals surface area contributed by atoms with E-state index in [1.54, 1.807) is 6.08 Å². The molecule has 1 rings (SSSR count). The fourth-order valence-corrected chi connectivity index (χ4v) is 1.00. The smallest absolute Gasteiger partial charge is 0.231 e. The van der Waals surface area contributed by atoms with E-state index in [0.29, 0.717) is 13.2 Å². The van der Waals surface area contributed by atoms with Crippen molar-refractivity contribution in [2.45, 2.75) is 13.3 Å². The molecule has 11 heavy (non-hydrogen) atoms. The second-order valence-corrected chi connectivity index (χ2v) is 2.81. The Morgan fingerprint density at radius 2 is 2.36 bits per heavy atom. The standard InChI is InChI=1S/C7H11NO3/c1-2-7(5-11-6-7)3-4-8(9)10/h3-4H,2,5-6H2,1H3/b4-3+. The van der Waals surface area contributed by atoms with Crippen molar-refractivity contribution < 1.29 is 9.66 Å². The van der Waals surface area contributed by atoms with Crippen LogP contribution in [0.1, 0.15) is 13.3 Å². The number of nitro groups is 1. The van der Waals surface area contributed by atoms with Crippen LogP contribution in [0.2, 0.25) is 0 Å². The minimum atomic E-state index is -0.435. The Labute approximate surface area is 65.0 Å². The summed E-state index contributed by atoms with van der Waals surface area (Å²) in [4.78, 5) is 9.55. The van der Waals surface area contributed by atoms with Crippen LogP contribution in [0.25, 0.3) is 0 Å². The van der Waals surface area contributed by atoms with E-state index in [2.05, 4.69) is 0 Å². The summed E-state index contributed by atoms with van der Waals surface area (Å²) in [6.07, 6.45) is 3.54. The molecule has 0 aromatic heterocycles. The Balaban J connectivity index is 2.50. The second kappa shape index (κ2) is 3.00. The van der Waals surface area contributed by atoms with Crippen molar-refractivity contribution in [3.05, 3.63) is 22.4 Å². The predicted molar refractivity (Wildman–Crippen MR) is 39.7 cm³/mol. The molecule has 4 nitrogen and oxygen atoms in total. The van der Waals surface area contributed by atoms with Gasteiger partial charge in [0.2, 0.25) is 6.20 Å². The van der Waals surface area contributed by atoms with Crippen molar-refractivity contribution in [2.75, 3.05) is 13.2 Å².